The number of pyridine rings is 1. The second-order valence-corrected chi connectivity index (χ2v) is 7.64. The number of unbranched alkanes of at least 4 members (excludes halogenated alkanes) is 1. The summed E-state index contributed by atoms with van der Waals surface area (Å²) in [5.41, 5.74) is 4.67. The summed E-state index contributed by atoms with van der Waals surface area (Å²) in [5, 5.41) is 0. The van der Waals surface area contributed by atoms with E-state index in [4.69, 9.17) is 0 Å². The van der Waals surface area contributed by atoms with Crippen molar-refractivity contribution in [2.45, 2.75) is 71.1 Å². The number of hydrogen-bond acceptors (Lipinski definition) is 1. The van der Waals surface area contributed by atoms with E-state index in [-0.39, 0.29) is 0 Å². The van der Waals surface area contributed by atoms with Crippen LogP contribution in [0, 0.1) is 17.8 Å². The lowest BCUT2D eigenvalue weighted by molar-refractivity contribution is 0.304. The minimum Gasteiger partial charge on any atom is -0.248 e. The van der Waals surface area contributed by atoms with E-state index in [0.29, 0.717) is 0 Å². The van der Waals surface area contributed by atoms with Crippen molar-refractivity contribution in [2.75, 3.05) is 0 Å². The van der Waals surface area contributed by atoms with Crippen molar-refractivity contribution in [1.82, 2.24) is 4.98 Å². The Morgan fingerprint density at radius 3 is 2.31 bits per heavy atom. The monoisotopic (exact) mass is 345 g/mol. The lowest BCUT2D eigenvalue weighted by Crippen LogP contribution is -2.13. The summed E-state index contributed by atoms with van der Waals surface area (Å²) in [5.74, 6) is 8.14. The third-order valence-corrected chi connectivity index (χ3v) is 5.76. The molecule has 1 aliphatic carbocycles. The van der Waals surface area contributed by atoms with E-state index in [1.54, 1.807) is 0 Å². The van der Waals surface area contributed by atoms with Gasteiger partial charge in [-0.05, 0) is 79.2 Å². The van der Waals surface area contributed by atoms with Gasteiger partial charge in [-0.25, -0.2) is 4.98 Å². The molecule has 1 saturated carbocycles. The Morgan fingerprint density at radius 2 is 1.69 bits per heavy atom. The first-order valence-electron chi connectivity index (χ1n) is 10.4. The maximum Gasteiger partial charge on any atom is 0.113 e. The van der Waals surface area contributed by atoms with Crippen molar-refractivity contribution in [3.05, 3.63) is 65.0 Å². The average molecular weight is 346 g/mol. The summed E-state index contributed by atoms with van der Waals surface area (Å²) >= 11 is 0. The number of rotatable bonds is 5. The zero-order valence-corrected chi connectivity index (χ0v) is 16.3. The summed E-state index contributed by atoms with van der Waals surface area (Å²) in [6, 6.07) is 13.0. The van der Waals surface area contributed by atoms with Crippen LogP contribution in [0.2, 0.25) is 0 Å². The Hall–Kier alpha value is -2.07. The maximum absolute atomic E-state index is 4.41. The molecule has 1 nitrogen and oxygen atoms in total. The van der Waals surface area contributed by atoms with Gasteiger partial charge in [-0.3, -0.25) is 0 Å². The van der Waals surface area contributed by atoms with E-state index in [1.807, 2.05) is 12.3 Å². The zero-order chi connectivity index (χ0) is 18.2. The minimum atomic E-state index is 0.748. The SMILES string of the molecule is CCCC[C@H]1CC[C@H](c2ccc(C#Cc3ccc(CC)cn3)cc2)CC1. The fourth-order valence-corrected chi connectivity index (χ4v) is 3.96. The van der Waals surface area contributed by atoms with Crippen LogP contribution in [-0.4, -0.2) is 4.98 Å². The molecule has 26 heavy (non-hydrogen) atoms. The Morgan fingerprint density at radius 1 is 0.923 bits per heavy atom. The Kier molecular flexibility index (Phi) is 6.89. The Labute approximate surface area is 159 Å². The predicted molar refractivity (Wildman–Crippen MR) is 110 cm³/mol. The first kappa shape index (κ1) is 18.7. The van der Waals surface area contributed by atoms with Gasteiger partial charge in [0.2, 0.25) is 0 Å². The van der Waals surface area contributed by atoms with Crippen molar-refractivity contribution in [2.24, 2.45) is 5.92 Å². The first-order valence-corrected chi connectivity index (χ1v) is 10.4. The lowest BCUT2D eigenvalue weighted by atomic mass is 9.77. The Balaban J connectivity index is 1.56. The number of hydrogen-bond donors (Lipinski definition) is 0. The van der Waals surface area contributed by atoms with Gasteiger partial charge in [0.25, 0.3) is 0 Å². The Bertz CT molecular complexity index is 722. The largest absolute Gasteiger partial charge is 0.248 e. The van der Waals surface area contributed by atoms with Crippen molar-refractivity contribution >= 4 is 0 Å². The van der Waals surface area contributed by atoms with E-state index >= 15 is 0 Å². The van der Waals surface area contributed by atoms with Crippen molar-refractivity contribution < 1.29 is 0 Å². The molecule has 1 aliphatic rings. The van der Waals surface area contributed by atoms with E-state index in [1.165, 1.54) is 56.1 Å². The fraction of sp³-hybridized carbons (Fsp3) is 0.480. The molecule has 0 atom stereocenters. The van der Waals surface area contributed by atoms with E-state index in [2.05, 4.69) is 61.0 Å². The van der Waals surface area contributed by atoms with Gasteiger partial charge in [0.1, 0.15) is 5.69 Å². The summed E-state index contributed by atoms with van der Waals surface area (Å²) in [4.78, 5) is 4.41. The van der Waals surface area contributed by atoms with Gasteiger partial charge in [0.05, 0.1) is 0 Å². The molecule has 1 aromatic carbocycles. The van der Waals surface area contributed by atoms with Gasteiger partial charge in [-0.1, -0.05) is 57.2 Å². The van der Waals surface area contributed by atoms with Crippen LogP contribution in [0.25, 0.3) is 0 Å². The smallest absolute Gasteiger partial charge is 0.113 e. The highest BCUT2D eigenvalue weighted by molar-refractivity contribution is 5.41. The van der Waals surface area contributed by atoms with E-state index < -0.39 is 0 Å². The zero-order valence-electron chi connectivity index (χ0n) is 16.3. The molecule has 2 aromatic rings. The number of aromatic nitrogens is 1. The molecule has 1 heteroatoms. The molecule has 1 aromatic heterocycles. The quantitative estimate of drug-likeness (QED) is 0.563. The van der Waals surface area contributed by atoms with Crippen LogP contribution in [0.15, 0.2) is 42.6 Å². The lowest BCUT2D eigenvalue weighted by Gasteiger charge is -2.28. The van der Waals surface area contributed by atoms with Crippen LogP contribution in [0.4, 0.5) is 0 Å². The highest BCUT2D eigenvalue weighted by atomic mass is 14.7. The molecular formula is C25H31N. The molecule has 0 radical (unpaired) electrons. The molecule has 136 valence electrons. The molecule has 1 fully saturated rings. The molecular weight excluding hydrogens is 314 g/mol. The molecule has 0 N–H and O–H groups in total. The van der Waals surface area contributed by atoms with Gasteiger partial charge >= 0.3 is 0 Å². The van der Waals surface area contributed by atoms with Crippen molar-refractivity contribution in [1.29, 1.82) is 0 Å². The number of nitrogens with zero attached hydrogens (tertiary/aromatic N) is 1. The minimum absolute atomic E-state index is 0.748. The van der Waals surface area contributed by atoms with E-state index in [9.17, 15) is 0 Å². The van der Waals surface area contributed by atoms with E-state index in [0.717, 1.165) is 29.5 Å². The van der Waals surface area contributed by atoms with Crippen LogP contribution >= 0.6 is 0 Å². The third-order valence-electron chi connectivity index (χ3n) is 5.76. The average Bonchev–Trinajstić information content (AvgIpc) is 2.72. The van der Waals surface area contributed by atoms with Gasteiger partial charge in [-0.2, -0.15) is 0 Å². The fourth-order valence-electron chi connectivity index (χ4n) is 3.96. The highest BCUT2D eigenvalue weighted by Gasteiger charge is 2.21. The summed E-state index contributed by atoms with van der Waals surface area (Å²) in [7, 11) is 0. The second kappa shape index (κ2) is 9.58. The van der Waals surface area contributed by atoms with Crippen LogP contribution in [0.5, 0.6) is 0 Å². The van der Waals surface area contributed by atoms with Crippen molar-refractivity contribution in [3.63, 3.8) is 0 Å². The van der Waals surface area contributed by atoms with Gasteiger partial charge < -0.3 is 0 Å². The topological polar surface area (TPSA) is 12.9 Å². The molecule has 0 spiro atoms. The van der Waals surface area contributed by atoms with Gasteiger partial charge in [0.15, 0.2) is 0 Å². The highest BCUT2D eigenvalue weighted by Crippen LogP contribution is 2.37. The molecule has 0 saturated heterocycles. The predicted octanol–water partition coefficient (Wildman–Crippen LogP) is 6.51. The molecule has 0 unspecified atom stereocenters. The van der Waals surface area contributed by atoms with Gasteiger partial charge in [-0.15, -0.1) is 0 Å². The number of benzene rings is 1. The molecule has 3 rings (SSSR count). The molecule has 1 heterocycles. The van der Waals surface area contributed by atoms with Crippen molar-refractivity contribution in [3.8, 4) is 11.8 Å². The maximum atomic E-state index is 4.41. The van der Waals surface area contributed by atoms with Crippen LogP contribution < -0.4 is 0 Å². The standard InChI is InChI=1S/C25H31N/c1-3-5-6-21-7-13-23(14-8-21)24-15-9-22(10-16-24)12-18-25-17-11-20(4-2)19-26-25/h9-11,15-17,19,21,23H,3-8,13-14H2,1-2H3/t21-,23-. The second-order valence-electron chi connectivity index (χ2n) is 7.64. The molecule has 0 aliphatic heterocycles. The van der Waals surface area contributed by atoms with Crippen LogP contribution in [-0.2, 0) is 6.42 Å². The summed E-state index contributed by atoms with van der Waals surface area (Å²) < 4.78 is 0. The van der Waals surface area contributed by atoms with Crippen LogP contribution in [0.3, 0.4) is 0 Å². The molecule has 0 bridgehead atoms. The molecule has 0 amide bonds. The summed E-state index contributed by atoms with van der Waals surface area (Å²) in [6.45, 7) is 4.44. The first-order chi connectivity index (χ1) is 12.8. The summed E-state index contributed by atoms with van der Waals surface area (Å²) in [6.07, 6.45) is 12.6. The van der Waals surface area contributed by atoms with Crippen LogP contribution in [0.1, 0.15) is 87.1 Å². The van der Waals surface area contributed by atoms with Gasteiger partial charge in [0, 0.05) is 11.8 Å². The normalized spacial score (nSPS) is 19.6. The third kappa shape index (κ3) is 5.21. The number of aryl methyl sites for hydroxylation is 1.